The normalized spacial score (nSPS) is 10.2. The van der Waals surface area contributed by atoms with Crippen LogP contribution in [-0.2, 0) is 0 Å². The molecule has 0 amide bonds. The number of pyridine rings is 1. The Balaban J connectivity index is 2.37. The number of benzene rings is 1. The highest BCUT2D eigenvalue weighted by Gasteiger charge is 2.04. The van der Waals surface area contributed by atoms with Gasteiger partial charge in [0.15, 0.2) is 0 Å². The highest BCUT2D eigenvalue weighted by atomic mass is 15.1. The molecule has 2 aromatic rings. The Morgan fingerprint density at radius 3 is 2.00 bits per heavy atom. The van der Waals surface area contributed by atoms with Crippen molar-refractivity contribution in [1.29, 1.82) is 0 Å². The van der Waals surface area contributed by atoms with Gasteiger partial charge in [0.05, 0.1) is 0 Å². The van der Waals surface area contributed by atoms with Gasteiger partial charge in [-0.3, -0.25) is 4.98 Å². The van der Waals surface area contributed by atoms with Crippen molar-refractivity contribution in [3.8, 4) is 0 Å². The first-order valence-corrected chi connectivity index (χ1v) is 5.39. The SMILES string of the molecule is Cc1cc(C)cc(N(C)c2ccncc2)c1. The largest absolute Gasteiger partial charge is 0.345 e. The fourth-order valence-electron chi connectivity index (χ4n) is 1.86. The third-order valence-corrected chi connectivity index (χ3v) is 2.64. The minimum atomic E-state index is 1.15. The summed E-state index contributed by atoms with van der Waals surface area (Å²) < 4.78 is 0. The zero-order chi connectivity index (χ0) is 11.5. The van der Waals surface area contributed by atoms with E-state index in [9.17, 15) is 0 Å². The summed E-state index contributed by atoms with van der Waals surface area (Å²) in [7, 11) is 2.07. The van der Waals surface area contributed by atoms with Gasteiger partial charge < -0.3 is 4.90 Å². The summed E-state index contributed by atoms with van der Waals surface area (Å²) in [5.41, 5.74) is 4.94. The van der Waals surface area contributed by atoms with Crippen LogP contribution in [0.2, 0.25) is 0 Å². The molecule has 0 saturated heterocycles. The second-order valence-corrected chi connectivity index (χ2v) is 4.11. The van der Waals surface area contributed by atoms with Crippen molar-refractivity contribution < 1.29 is 0 Å². The first kappa shape index (κ1) is 10.7. The zero-order valence-corrected chi connectivity index (χ0v) is 9.94. The Morgan fingerprint density at radius 1 is 0.875 bits per heavy atom. The van der Waals surface area contributed by atoms with Gasteiger partial charge >= 0.3 is 0 Å². The summed E-state index contributed by atoms with van der Waals surface area (Å²) in [5, 5.41) is 0. The number of rotatable bonds is 2. The van der Waals surface area contributed by atoms with Crippen molar-refractivity contribution in [2.24, 2.45) is 0 Å². The number of aryl methyl sites for hydroxylation is 2. The monoisotopic (exact) mass is 212 g/mol. The van der Waals surface area contributed by atoms with Crippen molar-refractivity contribution >= 4 is 11.4 Å². The molecule has 2 heteroatoms. The van der Waals surface area contributed by atoms with E-state index < -0.39 is 0 Å². The van der Waals surface area contributed by atoms with Gasteiger partial charge in [-0.15, -0.1) is 0 Å². The average molecular weight is 212 g/mol. The molecular formula is C14H16N2. The molecule has 0 N–H and O–H groups in total. The fraction of sp³-hybridized carbons (Fsp3) is 0.214. The molecule has 0 bridgehead atoms. The van der Waals surface area contributed by atoms with E-state index >= 15 is 0 Å². The van der Waals surface area contributed by atoms with Crippen LogP contribution in [0.1, 0.15) is 11.1 Å². The van der Waals surface area contributed by atoms with E-state index in [1.54, 1.807) is 0 Å². The maximum Gasteiger partial charge on any atom is 0.0438 e. The van der Waals surface area contributed by atoms with Crippen LogP contribution < -0.4 is 4.90 Å². The van der Waals surface area contributed by atoms with E-state index in [0.717, 1.165) is 5.69 Å². The highest BCUT2D eigenvalue weighted by Crippen LogP contribution is 2.24. The summed E-state index contributed by atoms with van der Waals surface area (Å²) in [4.78, 5) is 6.20. The zero-order valence-electron chi connectivity index (χ0n) is 9.94. The van der Waals surface area contributed by atoms with Gasteiger partial charge in [0.25, 0.3) is 0 Å². The molecule has 0 spiro atoms. The molecule has 0 aliphatic rings. The van der Waals surface area contributed by atoms with Crippen LogP contribution in [0.25, 0.3) is 0 Å². The number of hydrogen-bond acceptors (Lipinski definition) is 2. The Kier molecular flexibility index (Phi) is 2.91. The van der Waals surface area contributed by atoms with Gasteiger partial charge in [-0.2, -0.15) is 0 Å². The molecule has 0 fully saturated rings. The Hall–Kier alpha value is -1.83. The molecule has 0 radical (unpaired) electrons. The van der Waals surface area contributed by atoms with Crippen molar-refractivity contribution in [2.75, 3.05) is 11.9 Å². The maximum absolute atomic E-state index is 4.03. The lowest BCUT2D eigenvalue weighted by Gasteiger charge is -2.20. The van der Waals surface area contributed by atoms with Gasteiger partial charge in [0.2, 0.25) is 0 Å². The molecule has 0 aliphatic heterocycles. The van der Waals surface area contributed by atoms with Gasteiger partial charge in [-0.1, -0.05) is 6.07 Å². The molecule has 2 nitrogen and oxygen atoms in total. The lowest BCUT2D eigenvalue weighted by molar-refractivity contribution is 1.17. The third kappa shape index (κ3) is 2.22. The van der Waals surface area contributed by atoms with Crippen LogP contribution in [0.3, 0.4) is 0 Å². The Morgan fingerprint density at radius 2 is 1.44 bits per heavy atom. The smallest absolute Gasteiger partial charge is 0.0438 e. The van der Waals surface area contributed by atoms with Gasteiger partial charge in [-0.25, -0.2) is 0 Å². The van der Waals surface area contributed by atoms with Crippen LogP contribution in [0, 0.1) is 13.8 Å². The van der Waals surface area contributed by atoms with Crippen molar-refractivity contribution in [2.45, 2.75) is 13.8 Å². The molecule has 0 saturated carbocycles. The summed E-state index contributed by atoms with van der Waals surface area (Å²) >= 11 is 0. The summed E-state index contributed by atoms with van der Waals surface area (Å²) in [6, 6.07) is 10.6. The maximum atomic E-state index is 4.03. The van der Waals surface area contributed by atoms with Crippen LogP contribution >= 0.6 is 0 Å². The molecular weight excluding hydrogens is 196 g/mol. The number of nitrogens with zero attached hydrogens (tertiary/aromatic N) is 2. The lowest BCUT2D eigenvalue weighted by atomic mass is 10.1. The average Bonchev–Trinajstić information content (AvgIpc) is 2.28. The Bertz CT molecular complexity index is 457. The van der Waals surface area contributed by atoms with Crippen molar-refractivity contribution in [3.05, 3.63) is 53.9 Å². The van der Waals surface area contributed by atoms with E-state index in [2.05, 4.69) is 49.0 Å². The van der Waals surface area contributed by atoms with Crippen molar-refractivity contribution in [1.82, 2.24) is 4.98 Å². The van der Waals surface area contributed by atoms with Crippen LogP contribution in [0.15, 0.2) is 42.7 Å². The topological polar surface area (TPSA) is 16.1 Å². The summed E-state index contributed by atoms with van der Waals surface area (Å²) in [6.07, 6.45) is 3.63. The van der Waals surface area contributed by atoms with Gasteiger partial charge in [0, 0.05) is 30.8 Å². The third-order valence-electron chi connectivity index (χ3n) is 2.64. The minimum absolute atomic E-state index is 1.15. The second kappa shape index (κ2) is 4.35. The van der Waals surface area contributed by atoms with Crippen LogP contribution in [0.4, 0.5) is 11.4 Å². The first-order chi connectivity index (χ1) is 7.66. The molecule has 2 rings (SSSR count). The molecule has 82 valence electrons. The van der Waals surface area contributed by atoms with Gasteiger partial charge in [-0.05, 0) is 49.2 Å². The van der Waals surface area contributed by atoms with E-state index in [1.165, 1.54) is 16.8 Å². The predicted molar refractivity (Wildman–Crippen MR) is 68.2 cm³/mol. The van der Waals surface area contributed by atoms with E-state index in [4.69, 9.17) is 0 Å². The molecule has 0 unspecified atom stereocenters. The minimum Gasteiger partial charge on any atom is -0.345 e. The molecule has 1 aromatic carbocycles. The lowest BCUT2D eigenvalue weighted by Crippen LogP contribution is -2.09. The quantitative estimate of drug-likeness (QED) is 0.757. The molecule has 1 aromatic heterocycles. The number of anilines is 2. The summed E-state index contributed by atoms with van der Waals surface area (Å²) in [6.45, 7) is 4.24. The number of hydrogen-bond donors (Lipinski definition) is 0. The highest BCUT2D eigenvalue weighted by molar-refractivity contribution is 5.63. The number of aromatic nitrogens is 1. The van der Waals surface area contributed by atoms with Crippen LogP contribution in [0.5, 0.6) is 0 Å². The van der Waals surface area contributed by atoms with Gasteiger partial charge in [0.1, 0.15) is 0 Å². The fourth-order valence-corrected chi connectivity index (χ4v) is 1.86. The predicted octanol–water partition coefficient (Wildman–Crippen LogP) is 3.47. The van der Waals surface area contributed by atoms with E-state index in [0.29, 0.717) is 0 Å². The standard InChI is InChI=1S/C14H16N2/c1-11-8-12(2)10-14(9-11)16(3)13-4-6-15-7-5-13/h4-10H,1-3H3. The van der Waals surface area contributed by atoms with Crippen molar-refractivity contribution in [3.63, 3.8) is 0 Å². The molecule has 16 heavy (non-hydrogen) atoms. The summed E-state index contributed by atoms with van der Waals surface area (Å²) in [5.74, 6) is 0. The molecule has 0 aliphatic carbocycles. The molecule has 0 atom stereocenters. The van der Waals surface area contributed by atoms with E-state index in [1.807, 2.05) is 24.5 Å². The Labute approximate surface area is 96.6 Å². The van der Waals surface area contributed by atoms with Crippen LogP contribution in [-0.4, -0.2) is 12.0 Å². The first-order valence-electron chi connectivity index (χ1n) is 5.39. The second-order valence-electron chi connectivity index (χ2n) is 4.11. The van der Waals surface area contributed by atoms with E-state index in [-0.39, 0.29) is 0 Å². The molecule has 1 heterocycles.